The number of anilines is 3. The molecule has 2 aromatic heterocycles. The Morgan fingerprint density at radius 1 is 1.23 bits per heavy atom. The van der Waals surface area contributed by atoms with Crippen molar-refractivity contribution in [2.75, 3.05) is 42.3 Å². The molecule has 4 rings (SSSR count). The number of aromatic nitrogens is 4. The molecule has 0 bridgehead atoms. The first-order valence-electron chi connectivity index (χ1n) is 8.96. The monoisotopic (exact) mass is 357 g/mol. The summed E-state index contributed by atoms with van der Waals surface area (Å²) < 4.78 is 7.23. The zero-order chi connectivity index (χ0) is 17.9. The van der Waals surface area contributed by atoms with Crippen LogP contribution in [-0.2, 0) is 9.53 Å². The number of amides is 1. The first-order chi connectivity index (χ1) is 12.7. The molecule has 9 nitrogen and oxygen atoms in total. The first-order valence-corrected chi connectivity index (χ1v) is 8.96. The molecule has 1 amide bonds. The number of nitrogens with one attached hydrogen (secondary N) is 1. The molecule has 0 aromatic carbocycles. The molecular formula is C17H23N7O2. The van der Waals surface area contributed by atoms with Gasteiger partial charge in [0.2, 0.25) is 11.9 Å². The van der Waals surface area contributed by atoms with Crippen LogP contribution < -0.4 is 16.0 Å². The van der Waals surface area contributed by atoms with Crippen molar-refractivity contribution in [1.82, 2.24) is 19.7 Å². The third kappa shape index (κ3) is 3.48. The molecule has 138 valence electrons. The van der Waals surface area contributed by atoms with E-state index < -0.39 is 0 Å². The zero-order valence-electron chi connectivity index (χ0n) is 14.5. The third-order valence-electron chi connectivity index (χ3n) is 5.02. The number of hydrogen-bond donors (Lipinski definition) is 2. The Hall–Kier alpha value is -2.68. The van der Waals surface area contributed by atoms with Crippen LogP contribution in [0.1, 0.15) is 25.3 Å². The van der Waals surface area contributed by atoms with Gasteiger partial charge in [-0.1, -0.05) is 0 Å². The smallest absolute Gasteiger partial charge is 0.231 e. The Balaban J connectivity index is 1.39. The van der Waals surface area contributed by atoms with Crippen molar-refractivity contribution in [1.29, 1.82) is 0 Å². The molecule has 3 N–H and O–H groups in total. The maximum Gasteiger partial charge on any atom is 0.231 e. The molecule has 0 saturated carbocycles. The molecule has 2 aromatic rings. The Morgan fingerprint density at radius 3 is 2.81 bits per heavy atom. The van der Waals surface area contributed by atoms with E-state index in [0.717, 1.165) is 44.0 Å². The van der Waals surface area contributed by atoms with Crippen LogP contribution in [0.25, 0.3) is 0 Å². The van der Waals surface area contributed by atoms with Crippen molar-refractivity contribution in [2.24, 2.45) is 5.92 Å². The summed E-state index contributed by atoms with van der Waals surface area (Å²) in [5, 5.41) is 7.45. The molecule has 1 atom stereocenters. The van der Waals surface area contributed by atoms with E-state index in [2.05, 4.69) is 25.3 Å². The van der Waals surface area contributed by atoms with Crippen molar-refractivity contribution in [3.8, 4) is 0 Å². The van der Waals surface area contributed by atoms with Gasteiger partial charge in [-0.3, -0.25) is 4.79 Å². The van der Waals surface area contributed by atoms with E-state index in [1.54, 1.807) is 12.4 Å². The lowest BCUT2D eigenvalue weighted by atomic mass is 10.1. The van der Waals surface area contributed by atoms with Crippen LogP contribution in [-0.4, -0.2) is 52.0 Å². The SMILES string of the molecule is Nc1nccc(N2CCC(n3nccc3NC(=O)C3CCOC3)CC2)n1. The normalized spacial score (nSPS) is 21.1. The third-order valence-corrected chi connectivity index (χ3v) is 5.02. The van der Waals surface area contributed by atoms with Gasteiger partial charge >= 0.3 is 0 Å². The van der Waals surface area contributed by atoms with Crippen molar-refractivity contribution >= 4 is 23.5 Å². The molecule has 2 aliphatic rings. The molecular weight excluding hydrogens is 334 g/mol. The lowest BCUT2D eigenvalue weighted by Gasteiger charge is -2.33. The maximum absolute atomic E-state index is 12.4. The van der Waals surface area contributed by atoms with Gasteiger partial charge in [-0.05, 0) is 25.3 Å². The second kappa shape index (κ2) is 7.28. The van der Waals surface area contributed by atoms with Crippen LogP contribution in [0.2, 0.25) is 0 Å². The molecule has 1 unspecified atom stereocenters. The fraction of sp³-hybridized carbons (Fsp3) is 0.529. The van der Waals surface area contributed by atoms with Crippen LogP contribution in [0.4, 0.5) is 17.6 Å². The highest BCUT2D eigenvalue weighted by atomic mass is 16.5. The minimum Gasteiger partial charge on any atom is -0.381 e. The maximum atomic E-state index is 12.4. The summed E-state index contributed by atoms with van der Waals surface area (Å²) in [5.41, 5.74) is 5.68. The van der Waals surface area contributed by atoms with Gasteiger partial charge < -0.3 is 20.7 Å². The Bertz CT molecular complexity index is 764. The quantitative estimate of drug-likeness (QED) is 0.842. The van der Waals surface area contributed by atoms with E-state index >= 15 is 0 Å². The Labute approximate surface area is 151 Å². The highest BCUT2D eigenvalue weighted by molar-refractivity contribution is 5.92. The number of piperidine rings is 1. The number of nitrogens with two attached hydrogens (primary N) is 1. The van der Waals surface area contributed by atoms with Gasteiger partial charge in [0, 0.05) is 32.0 Å². The highest BCUT2D eigenvalue weighted by Crippen LogP contribution is 2.28. The van der Waals surface area contributed by atoms with Gasteiger partial charge in [0.1, 0.15) is 11.6 Å². The van der Waals surface area contributed by atoms with Crippen molar-refractivity contribution in [3.05, 3.63) is 24.5 Å². The minimum atomic E-state index is -0.0663. The predicted molar refractivity (Wildman–Crippen MR) is 96.7 cm³/mol. The average molecular weight is 357 g/mol. The van der Waals surface area contributed by atoms with Gasteiger partial charge in [-0.25, -0.2) is 9.67 Å². The van der Waals surface area contributed by atoms with E-state index in [-0.39, 0.29) is 23.8 Å². The molecule has 0 radical (unpaired) electrons. The Morgan fingerprint density at radius 2 is 2.08 bits per heavy atom. The van der Waals surface area contributed by atoms with E-state index in [9.17, 15) is 4.79 Å². The average Bonchev–Trinajstić information content (AvgIpc) is 3.34. The number of carbonyl (C=O) groups is 1. The molecule has 2 saturated heterocycles. The summed E-state index contributed by atoms with van der Waals surface area (Å²) in [6.45, 7) is 2.86. The molecule has 0 spiro atoms. The molecule has 4 heterocycles. The predicted octanol–water partition coefficient (Wildman–Crippen LogP) is 1.07. The van der Waals surface area contributed by atoms with Gasteiger partial charge in [0.05, 0.1) is 24.8 Å². The van der Waals surface area contributed by atoms with Gasteiger partial charge in [-0.2, -0.15) is 10.1 Å². The number of carbonyl (C=O) groups excluding carboxylic acids is 1. The fourth-order valence-electron chi connectivity index (χ4n) is 3.55. The number of rotatable bonds is 4. The van der Waals surface area contributed by atoms with Gasteiger partial charge in [-0.15, -0.1) is 0 Å². The number of ether oxygens (including phenoxy) is 1. The lowest BCUT2D eigenvalue weighted by Crippen LogP contribution is -2.36. The van der Waals surface area contributed by atoms with Crippen LogP contribution in [0.15, 0.2) is 24.5 Å². The summed E-state index contributed by atoms with van der Waals surface area (Å²) in [7, 11) is 0. The molecule has 2 aliphatic heterocycles. The Kier molecular flexibility index (Phi) is 4.70. The largest absolute Gasteiger partial charge is 0.381 e. The summed E-state index contributed by atoms with van der Waals surface area (Å²) in [6.07, 6.45) is 6.03. The summed E-state index contributed by atoms with van der Waals surface area (Å²) in [4.78, 5) is 22.8. The van der Waals surface area contributed by atoms with Crippen molar-refractivity contribution < 1.29 is 9.53 Å². The summed E-state index contributed by atoms with van der Waals surface area (Å²) in [6, 6.07) is 3.97. The van der Waals surface area contributed by atoms with E-state index in [1.807, 2.05) is 16.8 Å². The van der Waals surface area contributed by atoms with Gasteiger partial charge in [0.25, 0.3) is 0 Å². The first kappa shape index (κ1) is 16.8. The zero-order valence-corrected chi connectivity index (χ0v) is 14.5. The molecule has 9 heteroatoms. The summed E-state index contributed by atoms with van der Waals surface area (Å²) >= 11 is 0. The highest BCUT2D eigenvalue weighted by Gasteiger charge is 2.27. The second-order valence-electron chi connectivity index (χ2n) is 6.70. The second-order valence-corrected chi connectivity index (χ2v) is 6.70. The van der Waals surface area contributed by atoms with Crippen molar-refractivity contribution in [3.63, 3.8) is 0 Å². The number of nitrogens with zero attached hydrogens (tertiary/aromatic N) is 5. The van der Waals surface area contributed by atoms with E-state index in [0.29, 0.717) is 13.2 Å². The van der Waals surface area contributed by atoms with Crippen LogP contribution >= 0.6 is 0 Å². The van der Waals surface area contributed by atoms with Gasteiger partial charge in [0.15, 0.2) is 0 Å². The number of nitrogen functional groups attached to an aromatic ring is 1. The van der Waals surface area contributed by atoms with E-state index in [1.165, 1.54) is 0 Å². The fourth-order valence-corrected chi connectivity index (χ4v) is 3.55. The van der Waals surface area contributed by atoms with Crippen molar-refractivity contribution in [2.45, 2.75) is 25.3 Å². The van der Waals surface area contributed by atoms with Crippen LogP contribution in [0, 0.1) is 5.92 Å². The standard InChI is InChI=1S/C17H23N7O2/c18-17-19-6-1-14(22-17)23-8-3-13(4-9-23)24-15(2-7-20-24)21-16(25)12-5-10-26-11-12/h1-2,6-7,12-13H,3-5,8-11H2,(H,21,25)(H2,18,19,22). The topological polar surface area (TPSA) is 111 Å². The van der Waals surface area contributed by atoms with E-state index in [4.69, 9.17) is 10.5 Å². The minimum absolute atomic E-state index is 0.0122. The molecule has 2 fully saturated rings. The van der Waals surface area contributed by atoms with Crippen LogP contribution in [0.5, 0.6) is 0 Å². The lowest BCUT2D eigenvalue weighted by molar-refractivity contribution is -0.119. The van der Waals surface area contributed by atoms with Crippen LogP contribution in [0.3, 0.4) is 0 Å². The molecule has 0 aliphatic carbocycles. The summed E-state index contributed by atoms with van der Waals surface area (Å²) in [5.74, 6) is 1.84. The number of hydrogen-bond acceptors (Lipinski definition) is 7. The molecule has 26 heavy (non-hydrogen) atoms.